The zero-order valence-electron chi connectivity index (χ0n) is 15.0. The highest BCUT2D eigenvalue weighted by Gasteiger charge is 2.17. The molecule has 1 aromatic heterocycles. The van der Waals surface area contributed by atoms with Crippen LogP contribution in [-0.4, -0.2) is 10.1 Å². The van der Waals surface area contributed by atoms with E-state index in [1.165, 1.54) is 5.56 Å². The Bertz CT molecular complexity index is 1180. The van der Waals surface area contributed by atoms with Crippen LogP contribution >= 0.6 is 11.3 Å². The van der Waals surface area contributed by atoms with Crippen LogP contribution in [0.2, 0.25) is 0 Å². The van der Waals surface area contributed by atoms with Gasteiger partial charge in [0, 0.05) is 11.1 Å². The van der Waals surface area contributed by atoms with Crippen LogP contribution < -0.4 is 0 Å². The molecule has 0 atom stereocenters. The molecule has 3 heteroatoms. The van der Waals surface area contributed by atoms with Crippen LogP contribution in [0.5, 0.6) is 5.75 Å². The molecule has 1 heterocycles. The molecule has 0 radical (unpaired) electrons. The molecule has 28 heavy (non-hydrogen) atoms. The number of phenolic OH excluding ortho intramolecular Hbond substituents is 1. The van der Waals surface area contributed by atoms with Gasteiger partial charge >= 0.3 is 0 Å². The van der Waals surface area contributed by atoms with Crippen LogP contribution in [-0.2, 0) is 0 Å². The summed E-state index contributed by atoms with van der Waals surface area (Å²) < 4.78 is 1.13. The molecule has 0 amide bonds. The predicted octanol–water partition coefficient (Wildman–Crippen LogP) is 7.00. The number of hydrogen-bond donors (Lipinski definition) is 1. The number of para-hydroxylation sites is 1. The minimum atomic E-state index is 0.254. The fraction of sp³-hybridized carbons (Fsp3) is 0. The summed E-state index contributed by atoms with van der Waals surface area (Å²) in [5.74, 6) is 0.254. The number of hydrogen-bond acceptors (Lipinski definition) is 3. The molecule has 0 aliphatic rings. The van der Waals surface area contributed by atoms with Gasteiger partial charge in [-0.1, -0.05) is 84.9 Å². The molecule has 134 valence electrons. The molecule has 0 fully saturated rings. The van der Waals surface area contributed by atoms with E-state index in [0.717, 1.165) is 37.5 Å². The second-order valence-corrected chi connectivity index (χ2v) is 7.61. The van der Waals surface area contributed by atoms with Crippen molar-refractivity contribution in [2.75, 3.05) is 0 Å². The molecule has 2 nitrogen and oxygen atoms in total. The Balaban J connectivity index is 1.81. The van der Waals surface area contributed by atoms with E-state index in [2.05, 4.69) is 48.5 Å². The first-order valence-electron chi connectivity index (χ1n) is 9.14. The van der Waals surface area contributed by atoms with Gasteiger partial charge < -0.3 is 5.11 Å². The molecule has 0 saturated carbocycles. The standard InChI is InChI=1S/C25H17NOS/c27-22-14-8-7-13-21(22)25-26-23-19(17-9-3-1-4-10-17)15-16-20(24(23)28-25)18-11-5-2-6-12-18/h1-16,27H. The molecule has 5 aromatic rings. The number of nitrogens with zero attached hydrogens (tertiary/aromatic N) is 1. The lowest BCUT2D eigenvalue weighted by Gasteiger charge is -2.07. The Morgan fingerprint density at radius 2 is 1.14 bits per heavy atom. The third kappa shape index (κ3) is 2.86. The Kier molecular flexibility index (Phi) is 4.15. The normalized spacial score (nSPS) is 11.0. The topological polar surface area (TPSA) is 33.1 Å². The summed E-state index contributed by atoms with van der Waals surface area (Å²) in [6.45, 7) is 0. The highest BCUT2D eigenvalue weighted by Crippen LogP contribution is 2.42. The summed E-state index contributed by atoms with van der Waals surface area (Å²) in [6.07, 6.45) is 0. The summed E-state index contributed by atoms with van der Waals surface area (Å²) in [5.41, 5.74) is 6.31. The molecule has 0 bridgehead atoms. The average molecular weight is 379 g/mol. The maximum absolute atomic E-state index is 10.3. The van der Waals surface area contributed by atoms with Gasteiger partial charge in [-0.3, -0.25) is 0 Å². The van der Waals surface area contributed by atoms with Crippen molar-refractivity contribution in [2.24, 2.45) is 0 Å². The molecule has 0 unspecified atom stereocenters. The molecule has 0 aliphatic heterocycles. The van der Waals surface area contributed by atoms with E-state index in [4.69, 9.17) is 4.98 Å². The number of thiazole rings is 1. The van der Waals surface area contributed by atoms with Crippen molar-refractivity contribution < 1.29 is 5.11 Å². The summed E-state index contributed by atoms with van der Waals surface area (Å²) in [4.78, 5) is 4.96. The van der Waals surface area contributed by atoms with Crippen molar-refractivity contribution >= 4 is 21.6 Å². The van der Waals surface area contributed by atoms with Crippen LogP contribution in [0.4, 0.5) is 0 Å². The number of phenols is 1. The third-order valence-electron chi connectivity index (χ3n) is 4.85. The minimum absolute atomic E-state index is 0.254. The number of benzene rings is 4. The van der Waals surface area contributed by atoms with Gasteiger partial charge in [-0.05, 0) is 23.3 Å². The monoisotopic (exact) mass is 379 g/mol. The molecular weight excluding hydrogens is 362 g/mol. The highest BCUT2D eigenvalue weighted by molar-refractivity contribution is 7.22. The largest absolute Gasteiger partial charge is 0.507 e. The summed E-state index contributed by atoms with van der Waals surface area (Å²) in [5, 5.41) is 11.2. The van der Waals surface area contributed by atoms with Crippen LogP contribution in [0.25, 0.3) is 43.0 Å². The lowest BCUT2D eigenvalue weighted by molar-refractivity contribution is 0.477. The summed E-state index contributed by atoms with van der Waals surface area (Å²) in [7, 11) is 0. The van der Waals surface area contributed by atoms with Crippen molar-refractivity contribution in [1.82, 2.24) is 4.98 Å². The summed E-state index contributed by atoms with van der Waals surface area (Å²) in [6, 6.07) is 32.4. The van der Waals surface area contributed by atoms with Gasteiger partial charge in [0.25, 0.3) is 0 Å². The Labute approximate surface area is 167 Å². The van der Waals surface area contributed by atoms with Gasteiger partial charge in [0.2, 0.25) is 0 Å². The first-order valence-corrected chi connectivity index (χ1v) is 9.95. The molecule has 0 aliphatic carbocycles. The Hall–Kier alpha value is -3.43. The number of fused-ring (bicyclic) bond motifs is 1. The maximum atomic E-state index is 10.3. The maximum Gasteiger partial charge on any atom is 0.128 e. The van der Waals surface area contributed by atoms with Gasteiger partial charge in [-0.15, -0.1) is 11.3 Å². The van der Waals surface area contributed by atoms with Crippen molar-refractivity contribution in [3.8, 4) is 38.6 Å². The van der Waals surface area contributed by atoms with Crippen molar-refractivity contribution in [3.63, 3.8) is 0 Å². The quantitative estimate of drug-likeness (QED) is 0.366. The van der Waals surface area contributed by atoms with E-state index in [9.17, 15) is 5.11 Å². The van der Waals surface area contributed by atoms with Crippen molar-refractivity contribution in [2.45, 2.75) is 0 Å². The van der Waals surface area contributed by atoms with Gasteiger partial charge in [0.05, 0.1) is 15.8 Å². The molecule has 0 saturated heterocycles. The lowest BCUT2D eigenvalue weighted by atomic mass is 9.99. The number of rotatable bonds is 3. The average Bonchev–Trinajstić information content (AvgIpc) is 3.20. The molecule has 5 rings (SSSR count). The van der Waals surface area contributed by atoms with E-state index in [-0.39, 0.29) is 5.75 Å². The molecule has 4 aromatic carbocycles. The van der Waals surface area contributed by atoms with E-state index in [1.54, 1.807) is 17.4 Å². The number of aromatic hydroxyl groups is 1. The van der Waals surface area contributed by atoms with Gasteiger partial charge in [0.15, 0.2) is 0 Å². The van der Waals surface area contributed by atoms with Crippen molar-refractivity contribution in [3.05, 3.63) is 97.1 Å². The Morgan fingerprint density at radius 3 is 1.82 bits per heavy atom. The van der Waals surface area contributed by atoms with Crippen LogP contribution in [0.3, 0.4) is 0 Å². The number of aromatic nitrogens is 1. The second-order valence-electron chi connectivity index (χ2n) is 6.61. The molecule has 0 spiro atoms. The second kappa shape index (κ2) is 6.95. The zero-order chi connectivity index (χ0) is 18.9. The zero-order valence-corrected chi connectivity index (χ0v) is 15.9. The molecule has 1 N–H and O–H groups in total. The van der Waals surface area contributed by atoms with Gasteiger partial charge in [-0.2, -0.15) is 0 Å². The van der Waals surface area contributed by atoms with Gasteiger partial charge in [0.1, 0.15) is 10.8 Å². The van der Waals surface area contributed by atoms with E-state index < -0.39 is 0 Å². The van der Waals surface area contributed by atoms with Crippen molar-refractivity contribution in [1.29, 1.82) is 0 Å². The Morgan fingerprint density at radius 1 is 0.571 bits per heavy atom. The van der Waals surface area contributed by atoms with Gasteiger partial charge in [-0.25, -0.2) is 4.98 Å². The smallest absolute Gasteiger partial charge is 0.128 e. The third-order valence-corrected chi connectivity index (χ3v) is 5.97. The fourth-order valence-corrected chi connectivity index (χ4v) is 4.63. The first kappa shape index (κ1) is 16.7. The van der Waals surface area contributed by atoms with Crippen LogP contribution in [0, 0.1) is 0 Å². The predicted molar refractivity (Wildman–Crippen MR) is 118 cm³/mol. The highest BCUT2D eigenvalue weighted by atomic mass is 32.1. The lowest BCUT2D eigenvalue weighted by Crippen LogP contribution is -1.84. The van der Waals surface area contributed by atoms with Crippen LogP contribution in [0.1, 0.15) is 0 Å². The SMILES string of the molecule is Oc1ccccc1-c1nc2c(-c3ccccc3)ccc(-c3ccccc3)c2s1. The summed E-state index contributed by atoms with van der Waals surface area (Å²) >= 11 is 1.62. The van der Waals surface area contributed by atoms with E-state index in [1.807, 2.05) is 42.5 Å². The van der Waals surface area contributed by atoms with E-state index >= 15 is 0 Å². The fourth-order valence-electron chi connectivity index (χ4n) is 3.47. The minimum Gasteiger partial charge on any atom is -0.507 e. The molecular formula is C25H17NOS. The van der Waals surface area contributed by atoms with Crippen LogP contribution in [0.15, 0.2) is 97.1 Å². The first-order chi connectivity index (χ1) is 13.8. The van der Waals surface area contributed by atoms with E-state index in [0.29, 0.717) is 0 Å².